The molecule has 8 heteroatoms. The van der Waals surface area contributed by atoms with Gasteiger partial charge in [0.15, 0.2) is 5.11 Å². The van der Waals surface area contributed by atoms with Crippen molar-refractivity contribution in [1.29, 1.82) is 0 Å². The largest absolute Gasteiger partial charge is 0.491 e. The van der Waals surface area contributed by atoms with Crippen LogP contribution in [0.15, 0.2) is 48.5 Å². The highest BCUT2D eigenvalue weighted by Crippen LogP contribution is 2.25. The molecule has 1 aliphatic rings. The molecule has 1 fully saturated rings. The number of anilines is 2. The van der Waals surface area contributed by atoms with Crippen molar-refractivity contribution in [3.05, 3.63) is 54.1 Å². The fraction of sp³-hybridized carbons (Fsp3) is 0.375. The monoisotopic (exact) mass is 455 g/mol. The molecule has 3 N–H and O–H groups in total. The summed E-state index contributed by atoms with van der Waals surface area (Å²) in [5, 5.41) is 8.81. The zero-order valence-electron chi connectivity index (χ0n) is 18.2. The molecule has 7 nitrogen and oxygen atoms in total. The van der Waals surface area contributed by atoms with Crippen molar-refractivity contribution in [3.8, 4) is 5.75 Å². The number of thiocarbonyl (C=S) groups is 1. The second kappa shape index (κ2) is 12.2. The van der Waals surface area contributed by atoms with E-state index in [4.69, 9.17) is 21.7 Å². The van der Waals surface area contributed by atoms with Crippen LogP contribution in [0.4, 0.5) is 11.4 Å². The Morgan fingerprint density at radius 1 is 0.969 bits per heavy atom. The number of carbonyl (C=O) groups is 2. The normalized spacial score (nSPS) is 13.8. The summed E-state index contributed by atoms with van der Waals surface area (Å²) >= 11 is 5.27. The molecule has 3 rings (SSSR count). The minimum Gasteiger partial charge on any atom is -0.491 e. The lowest BCUT2D eigenvalue weighted by Gasteiger charge is -2.21. The van der Waals surface area contributed by atoms with Gasteiger partial charge in [0.25, 0.3) is 5.91 Å². The molecular weight excluding hydrogens is 426 g/mol. The lowest BCUT2D eigenvalue weighted by Crippen LogP contribution is -2.34. The average molecular weight is 456 g/mol. The first-order valence-corrected chi connectivity index (χ1v) is 11.2. The molecule has 0 spiro atoms. The Morgan fingerprint density at radius 2 is 1.66 bits per heavy atom. The van der Waals surface area contributed by atoms with E-state index in [0.29, 0.717) is 35.9 Å². The number of hydrogen-bond acceptors (Lipinski definition) is 5. The zero-order chi connectivity index (χ0) is 22.8. The Hall–Kier alpha value is -2.97. The molecular formula is C24H29N3O4S. The zero-order valence-corrected chi connectivity index (χ0v) is 19.0. The molecule has 1 saturated carbocycles. The molecule has 0 aliphatic heterocycles. The van der Waals surface area contributed by atoms with Gasteiger partial charge in [-0.05, 0) is 67.5 Å². The first-order valence-electron chi connectivity index (χ1n) is 10.8. The standard InChI is InChI=1S/C24H29N3O4S/c1-30-14-15-31-21-12-10-18(11-13-21)23(29)27-24(32)26-20-9-5-8-19(16-20)25-22(28)17-6-3-2-4-7-17/h5,8-13,16-17H,2-4,6-7,14-15H2,1H3,(H,25,28)(H2,26,27,29,32). The number of hydrogen-bond donors (Lipinski definition) is 3. The van der Waals surface area contributed by atoms with Gasteiger partial charge in [-0.1, -0.05) is 25.3 Å². The summed E-state index contributed by atoms with van der Waals surface area (Å²) in [7, 11) is 1.61. The van der Waals surface area contributed by atoms with Gasteiger partial charge in [0.2, 0.25) is 5.91 Å². The van der Waals surface area contributed by atoms with Crippen molar-refractivity contribution in [3.63, 3.8) is 0 Å². The molecule has 1 aliphatic carbocycles. The van der Waals surface area contributed by atoms with Crippen LogP contribution in [-0.4, -0.2) is 37.3 Å². The van der Waals surface area contributed by atoms with Crippen LogP contribution in [0.3, 0.4) is 0 Å². The second-order valence-electron chi connectivity index (χ2n) is 7.68. The van der Waals surface area contributed by atoms with Gasteiger partial charge in [-0.3, -0.25) is 14.9 Å². The fourth-order valence-electron chi connectivity index (χ4n) is 3.57. The predicted molar refractivity (Wildman–Crippen MR) is 129 cm³/mol. The van der Waals surface area contributed by atoms with Gasteiger partial charge in [-0.2, -0.15) is 0 Å². The Morgan fingerprint density at radius 3 is 2.34 bits per heavy atom. The van der Waals surface area contributed by atoms with Crippen LogP contribution >= 0.6 is 12.2 Å². The summed E-state index contributed by atoms with van der Waals surface area (Å²) in [6, 6.07) is 14.1. The van der Waals surface area contributed by atoms with Crippen molar-refractivity contribution >= 4 is 40.5 Å². The number of amides is 2. The second-order valence-corrected chi connectivity index (χ2v) is 8.09. The number of ether oxygens (including phenoxy) is 2. The third-order valence-corrected chi connectivity index (χ3v) is 5.47. The number of rotatable bonds is 8. The Labute approximate surface area is 193 Å². The van der Waals surface area contributed by atoms with Crippen LogP contribution in [0.25, 0.3) is 0 Å². The van der Waals surface area contributed by atoms with Crippen molar-refractivity contribution in [2.24, 2.45) is 5.92 Å². The minimum absolute atomic E-state index is 0.0624. The highest BCUT2D eigenvalue weighted by atomic mass is 32.1. The van der Waals surface area contributed by atoms with Crippen LogP contribution in [0.5, 0.6) is 5.75 Å². The molecule has 170 valence electrons. The molecule has 2 aromatic rings. The summed E-state index contributed by atoms with van der Waals surface area (Å²) in [5.74, 6) is 0.476. The van der Waals surface area contributed by atoms with E-state index in [-0.39, 0.29) is 22.8 Å². The molecule has 0 unspecified atom stereocenters. The van der Waals surface area contributed by atoms with E-state index in [1.807, 2.05) is 18.2 Å². The van der Waals surface area contributed by atoms with E-state index in [9.17, 15) is 9.59 Å². The van der Waals surface area contributed by atoms with Crippen LogP contribution < -0.4 is 20.7 Å². The first kappa shape index (κ1) is 23.7. The van der Waals surface area contributed by atoms with Gasteiger partial charge in [-0.25, -0.2) is 0 Å². The molecule has 0 aromatic heterocycles. The van der Waals surface area contributed by atoms with Gasteiger partial charge >= 0.3 is 0 Å². The van der Waals surface area contributed by atoms with E-state index in [0.717, 1.165) is 25.7 Å². The van der Waals surface area contributed by atoms with E-state index >= 15 is 0 Å². The summed E-state index contributed by atoms with van der Waals surface area (Å²) < 4.78 is 10.4. The minimum atomic E-state index is -0.326. The highest BCUT2D eigenvalue weighted by Gasteiger charge is 2.21. The predicted octanol–water partition coefficient (Wildman–Crippen LogP) is 4.36. The molecule has 0 atom stereocenters. The third kappa shape index (κ3) is 7.32. The number of carbonyl (C=O) groups excluding carboxylic acids is 2. The Bertz CT molecular complexity index is 927. The van der Waals surface area contributed by atoms with Crippen LogP contribution in [-0.2, 0) is 9.53 Å². The molecule has 0 radical (unpaired) electrons. The number of benzene rings is 2. The fourth-order valence-corrected chi connectivity index (χ4v) is 3.78. The van der Waals surface area contributed by atoms with E-state index in [1.165, 1.54) is 6.42 Å². The summed E-state index contributed by atoms with van der Waals surface area (Å²) in [6.45, 7) is 0.934. The van der Waals surface area contributed by atoms with E-state index in [2.05, 4.69) is 16.0 Å². The lowest BCUT2D eigenvalue weighted by atomic mass is 9.88. The van der Waals surface area contributed by atoms with Crippen molar-refractivity contribution in [2.75, 3.05) is 31.0 Å². The maximum atomic E-state index is 12.5. The molecule has 0 bridgehead atoms. The molecule has 2 amide bonds. The van der Waals surface area contributed by atoms with Crippen molar-refractivity contribution < 1.29 is 19.1 Å². The molecule has 2 aromatic carbocycles. The van der Waals surface area contributed by atoms with Crippen LogP contribution in [0.2, 0.25) is 0 Å². The number of methoxy groups -OCH3 is 1. The summed E-state index contributed by atoms with van der Waals surface area (Å²) in [6.07, 6.45) is 5.31. The Balaban J connectivity index is 1.50. The van der Waals surface area contributed by atoms with Crippen molar-refractivity contribution in [2.45, 2.75) is 32.1 Å². The smallest absolute Gasteiger partial charge is 0.257 e. The lowest BCUT2D eigenvalue weighted by molar-refractivity contribution is -0.120. The van der Waals surface area contributed by atoms with Crippen LogP contribution in [0.1, 0.15) is 42.5 Å². The van der Waals surface area contributed by atoms with Gasteiger partial charge in [0.1, 0.15) is 12.4 Å². The third-order valence-electron chi connectivity index (χ3n) is 5.26. The van der Waals surface area contributed by atoms with E-state index < -0.39 is 0 Å². The summed E-state index contributed by atoms with van der Waals surface area (Å²) in [4.78, 5) is 24.9. The number of nitrogens with one attached hydrogen (secondary N) is 3. The average Bonchev–Trinajstić information content (AvgIpc) is 2.80. The maximum absolute atomic E-state index is 12.5. The maximum Gasteiger partial charge on any atom is 0.257 e. The topological polar surface area (TPSA) is 88.7 Å². The van der Waals surface area contributed by atoms with Gasteiger partial charge in [0, 0.05) is 30.0 Å². The van der Waals surface area contributed by atoms with Crippen LogP contribution in [0, 0.1) is 5.92 Å². The Kier molecular flexibility index (Phi) is 9.01. The summed E-state index contributed by atoms with van der Waals surface area (Å²) in [5.41, 5.74) is 1.84. The van der Waals surface area contributed by atoms with Gasteiger partial charge in [0.05, 0.1) is 6.61 Å². The first-order chi connectivity index (χ1) is 15.5. The van der Waals surface area contributed by atoms with Crippen molar-refractivity contribution in [1.82, 2.24) is 5.32 Å². The quantitative estimate of drug-likeness (QED) is 0.405. The molecule has 0 heterocycles. The van der Waals surface area contributed by atoms with Gasteiger partial charge in [-0.15, -0.1) is 0 Å². The highest BCUT2D eigenvalue weighted by molar-refractivity contribution is 7.80. The SMILES string of the molecule is COCCOc1ccc(C(=O)NC(=S)Nc2cccc(NC(=O)C3CCCCC3)c2)cc1. The van der Waals surface area contributed by atoms with Gasteiger partial charge < -0.3 is 20.1 Å². The molecule has 0 saturated heterocycles. The molecule has 32 heavy (non-hydrogen) atoms. The van der Waals surface area contributed by atoms with E-state index in [1.54, 1.807) is 37.4 Å².